The number of halogens is 1. The van der Waals surface area contributed by atoms with Crippen LogP contribution in [0.4, 0.5) is 0 Å². The molecule has 0 nitrogen and oxygen atoms in total. The fourth-order valence-corrected chi connectivity index (χ4v) is 4.88. The van der Waals surface area contributed by atoms with Gasteiger partial charge in [0.1, 0.15) is 0 Å². The summed E-state index contributed by atoms with van der Waals surface area (Å²) in [6.07, 6.45) is 13.4. The molecule has 2 fully saturated rings. The number of aryl methyl sites for hydroxylation is 1. The van der Waals surface area contributed by atoms with Gasteiger partial charge in [0.25, 0.3) is 0 Å². The number of benzene rings is 1. The topological polar surface area (TPSA) is 0 Å². The van der Waals surface area contributed by atoms with E-state index in [4.69, 9.17) is 11.6 Å². The summed E-state index contributed by atoms with van der Waals surface area (Å²) >= 11 is 5.72. The molecule has 3 rings (SSSR count). The minimum Gasteiger partial charge on any atom is -0.0933 e. The molecule has 0 amide bonds. The number of hydrogen-bond acceptors (Lipinski definition) is 0. The van der Waals surface area contributed by atoms with Gasteiger partial charge >= 0.3 is 0 Å². The quantitative estimate of drug-likeness (QED) is 0.573. The van der Waals surface area contributed by atoms with Crippen LogP contribution in [0, 0.1) is 24.7 Å². The van der Waals surface area contributed by atoms with Crippen LogP contribution in [-0.4, -0.2) is 0 Å². The van der Waals surface area contributed by atoms with Crippen molar-refractivity contribution in [2.45, 2.75) is 64.2 Å². The van der Waals surface area contributed by atoms with Crippen LogP contribution in [0.2, 0.25) is 0 Å². The molecule has 0 radical (unpaired) electrons. The molecule has 0 saturated heterocycles. The van der Waals surface area contributed by atoms with Crippen molar-refractivity contribution >= 4 is 11.6 Å². The Morgan fingerprint density at radius 3 is 1.91 bits per heavy atom. The minimum atomic E-state index is 0.748. The molecule has 22 heavy (non-hydrogen) atoms. The number of rotatable bonds is 3. The van der Waals surface area contributed by atoms with Crippen LogP contribution in [0.15, 0.2) is 35.9 Å². The van der Waals surface area contributed by atoms with Crippen molar-refractivity contribution in [1.29, 1.82) is 0 Å². The summed E-state index contributed by atoms with van der Waals surface area (Å²) in [6, 6.07) is 9.24. The first-order chi connectivity index (χ1) is 10.8. The molecular weight excluding hydrogens is 288 g/mol. The molecule has 2 saturated carbocycles. The van der Waals surface area contributed by atoms with E-state index in [2.05, 4.69) is 37.3 Å². The number of allylic oxidation sites excluding steroid dienone is 1. The molecular formula is C21H29Cl. The maximum atomic E-state index is 5.72. The lowest BCUT2D eigenvalue weighted by molar-refractivity contribution is 0.171. The first kappa shape index (κ1) is 16.1. The van der Waals surface area contributed by atoms with E-state index in [0.717, 1.165) is 23.7 Å². The second kappa shape index (κ2) is 7.68. The van der Waals surface area contributed by atoms with E-state index in [-0.39, 0.29) is 0 Å². The van der Waals surface area contributed by atoms with E-state index >= 15 is 0 Å². The molecule has 1 heteroatoms. The number of hydrogen-bond donors (Lipinski definition) is 0. The summed E-state index contributed by atoms with van der Waals surface area (Å²) < 4.78 is 0. The van der Waals surface area contributed by atoms with Crippen LogP contribution in [0.1, 0.15) is 68.4 Å². The first-order valence-electron chi connectivity index (χ1n) is 9.09. The van der Waals surface area contributed by atoms with Crippen LogP contribution in [0.5, 0.6) is 0 Å². The highest BCUT2D eigenvalue weighted by atomic mass is 35.5. The molecule has 2 aliphatic carbocycles. The highest BCUT2D eigenvalue weighted by Gasteiger charge is 2.30. The maximum absolute atomic E-state index is 5.72. The Morgan fingerprint density at radius 2 is 1.36 bits per heavy atom. The molecule has 0 spiro atoms. The van der Waals surface area contributed by atoms with Gasteiger partial charge in [-0.25, -0.2) is 0 Å². The lowest BCUT2D eigenvalue weighted by atomic mass is 9.68. The third-order valence-electron chi connectivity index (χ3n) is 6.15. The molecule has 2 aliphatic rings. The van der Waals surface area contributed by atoms with Gasteiger partial charge in [0.2, 0.25) is 0 Å². The van der Waals surface area contributed by atoms with Gasteiger partial charge in [-0.1, -0.05) is 47.5 Å². The van der Waals surface area contributed by atoms with Crippen molar-refractivity contribution in [1.82, 2.24) is 0 Å². The van der Waals surface area contributed by atoms with Crippen molar-refractivity contribution in [3.63, 3.8) is 0 Å². The van der Waals surface area contributed by atoms with Gasteiger partial charge in [-0.05, 0) is 87.5 Å². The molecule has 0 bridgehead atoms. The van der Waals surface area contributed by atoms with Crippen molar-refractivity contribution in [2.75, 3.05) is 0 Å². The summed E-state index contributed by atoms with van der Waals surface area (Å²) in [5.41, 5.74) is 4.66. The van der Waals surface area contributed by atoms with Gasteiger partial charge in [0, 0.05) is 5.54 Å². The zero-order valence-corrected chi connectivity index (χ0v) is 14.6. The molecule has 0 unspecified atom stereocenters. The summed E-state index contributed by atoms with van der Waals surface area (Å²) in [6.45, 7) is 2.18. The van der Waals surface area contributed by atoms with Gasteiger partial charge in [-0.2, -0.15) is 0 Å². The van der Waals surface area contributed by atoms with Crippen LogP contribution < -0.4 is 0 Å². The molecule has 0 aromatic heterocycles. The standard InChI is InChI=1S/C21H29Cl/c1-16-2-6-18(7-3-16)20-10-12-21(13-11-20)19-8-4-17(5-9-19)14-15-22/h2-3,6-7,14-15,17,19-21H,4-5,8-13H2,1H3/b15-14+. The fraction of sp³-hybridized carbons (Fsp3) is 0.619. The Hall–Kier alpha value is -0.750. The lowest BCUT2D eigenvalue weighted by Gasteiger charge is -2.37. The molecule has 120 valence electrons. The Bertz CT molecular complexity index is 471. The zero-order valence-electron chi connectivity index (χ0n) is 13.8. The van der Waals surface area contributed by atoms with Crippen molar-refractivity contribution in [3.8, 4) is 0 Å². The summed E-state index contributed by atoms with van der Waals surface area (Å²) in [5, 5.41) is 0. The summed E-state index contributed by atoms with van der Waals surface area (Å²) in [7, 11) is 0. The first-order valence-corrected chi connectivity index (χ1v) is 9.53. The van der Waals surface area contributed by atoms with Crippen LogP contribution in [0.3, 0.4) is 0 Å². The highest BCUT2D eigenvalue weighted by Crippen LogP contribution is 2.44. The van der Waals surface area contributed by atoms with E-state index in [1.165, 1.54) is 56.9 Å². The maximum Gasteiger partial charge on any atom is 0.000525 e. The predicted octanol–water partition coefficient (Wildman–Crippen LogP) is 6.83. The third kappa shape index (κ3) is 3.96. The molecule has 1 aromatic carbocycles. The fourth-order valence-electron chi connectivity index (χ4n) is 4.67. The van der Waals surface area contributed by atoms with Crippen LogP contribution in [-0.2, 0) is 0 Å². The smallest absolute Gasteiger partial charge is 0.000525 e. The monoisotopic (exact) mass is 316 g/mol. The largest absolute Gasteiger partial charge is 0.0933 e. The van der Waals surface area contributed by atoms with Crippen LogP contribution >= 0.6 is 11.6 Å². The van der Waals surface area contributed by atoms with Gasteiger partial charge in [-0.3, -0.25) is 0 Å². The van der Waals surface area contributed by atoms with E-state index in [1.54, 1.807) is 11.1 Å². The molecule has 0 aliphatic heterocycles. The van der Waals surface area contributed by atoms with Gasteiger partial charge in [0.05, 0.1) is 0 Å². The lowest BCUT2D eigenvalue weighted by Crippen LogP contribution is -2.25. The van der Waals surface area contributed by atoms with Gasteiger partial charge < -0.3 is 0 Å². The van der Waals surface area contributed by atoms with Crippen molar-refractivity contribution in [2.24, 2.45) is 17.8 Å². The molecule has 1 aromatic rings. The average Bonchev–Trinajstić information content (AvgIpc) is 2.57. The predicted molar refractivity (Wildman–Crippen MR) is 96.3 cm³/mol. The van der Waals surface area contributed by atoms with E-state index < -0.39 is 0 Å². The van der Waals surface area contributed by atoms with Gasteiger partial charge in [-0.15, -0.1) is 0 Å². The molecule has 0 heterocycles. The second-order valence-electron chi connectivity index (χ2n) is 7.52. The Labute approximate surface area is 141 Å². The third-order valence-corrected chi connectivity index (χ3v) is 6.29. The van der Waals surface area contributed by atoms with Crippen molar-refractivity contribution < 1.29 is 0 Å². The summed E-state index contributed by atoms with van der Waals surface area (Å²) in [4.78, 5) is 0. The normalized spacial score (nSPS) is 33.2. The Balaban J connectivity index is 1.49. The highest BCUT2D eigenvalue weighted by molar-refractivity contribution is 6.25. The molecule has 0 N–H and O–H groups in total. The van der Waals surface area contributed by atoms with E-state index in [9.17, 15) is 0 Å². The Morgan fingerprint density at radius 1 is 0.818 bits per heavy atom. The average molecular weight is 317 g/mol. The van der Waals surface area contributed by atoms with E-state index in [0.29, 0.717) is 0 Å². The van der Waals surface area contributed by atoms with E-state index in [1.807, 2.05) is 0 Å². The second-order valence-corrected chi connectivity index (χ2v) is 7.77. The van der Waals surface area contributed by atoms with Gasteiger partial charge in [0.15, 0.2) is 0 Å². The SMILES string of the molecule is Cc1ccc(C2CCC(C3CCC(/C=C/Cl)CC3)CC2)cc1. The Kier molecular flexibility index (Phi) is 5.63. The summed E-state index contributed by atoms with van der Waals surface area (Å²) in [5.74, 6) is 3.53. The zero-order chi connectivity index (χ0) is 15.4. The minimum absolute atomic E-state index is 0.748. The molecule has 0 atom stereocenters. The van der Waals surface area contributed by atoms with Crippen molar-refractivity contribution in [3.05, 3.63) is 47.0 Å². The van der Waals surface area contributed by atoms with Crippen LogP contribution in [0.25, 0.3) is 0 Å².